The van der Waals surface area contributed by atoms with Crippen LogP contribution in [-0.2, 0) is 4.79 Å². The summed E-state index contributed by atoms with van der Waals surface area (Å²) in [6.45, 7) is 4.79. The number of hydrogen-bond acceptors (Lipinski definition) is 6. The minimum absolute atomic E-state index is 0.0230. The SMILES string of the molecule is C=CC(=O)N1C[C@H]2C[C@@H](C1)[C@H]2Oc1cc2c(Nc3ccc(F)c(Cl)c3F)ncnc2cc1OC. The van der Waals surface area contributed by atoms with E-state index >= 15 is 0 Å². The second-order valence-corrected chi connectivity index (χ2v) is 8.75. The molecular weight excluding hydrogens is 466 g/mol. The highest BCUT2D eigenvalue weighted by atomic mass is 35.5. The molecular formula is C24H21ClF2N4O3. The summed E-state index contributed by atoms with van der Waals surface area (Å²) in [6, 6.07) is 5.77. The quantitative estimate of drug-likeness (QED) is 0.401. The minimum Gasteiger partial charge on any atom is -0.493 e. The van der Waals surface area contributed by atoms with Crippen LogP contribution in [0, 0.1) is 23.5 Å². The van der Waals surface area contributed by atoms with Crippen molar-refractivity contribution in [1.29, 1.82) is 0 Å². The monoisotopic (exact) mass is 486 g/mol. The molecule has 3 atom stereocenters. The van der Waals surface area contributed by atoms with Gasteiger partial charge in [0.05, 0.1) is 18.3 Å². The Kier molecular flexibility index (Phi) is 5.73. The van der Waals surface area contributed by atoms with Crippen LogP contribution in [0.3, 0.4) is 0 Å². The van der Waals surface area contributed by atoms with E-state index in [-0.39, 0.29) is 29.5 Å². The fourth-order valence-electron chi connectivity index (χ4n) is 4.66. The molecule has 2 aliphatic heterocycles. The Morgan fingerprint density at radius 2 is 2.00 bits per heavy atom. The lowest BCUT2D eigenvalue weighted by Crippen LogP contribution is -2.61. The summed E-state index contributed by atoms with van der Waals surface area (Å²) < 4.78 is 39.9. The summed E-state index contributed by atoms with van der Waals surface area (Å²) in [5.74, 6) is -0.124. The molecule has 0 unspecified atom stereocenters. The summed E-state index contributed by atoms with van der Waals surface area (Å²) in [5.41, 5.74) is 0.525. The molecule has 1 amide bonds. The van der Waals surface area contributed by atoms with Gasteiger partial charge in [-0.3, -0.25) is 4.79 Å². The first-order valence-corrected chi connectivity index (χ1v) is 11.1. The maximum Gasteiger partial charge on any atom is 0.245 e. The molecule has 0 spiro atoms. The molecule has 1 N–H and O–H groups in total. The molecule has 2 aromatic carbocycles. The topological polar surface area (TPSA) is 76.6 Å². The van der Waals surface area contributed by atoms with Crippen molar-refractivity contribution in [2.45, 2.75) is 12.5 Å². The normalized spacial score (nSPS) is 21.1. The van der Waals surface area contributed by atoms with Crippen LogP contribution in [0.1, 0.15) is 6.42 Å². The summed E-state index contributed by atoms with van der Waals surface area (Å²) >= 11 is 5.71. The van der Waals surface area contributed by atoms with E-state index in [0.29, 0.717) is 41.3 Å². The second-order valence-electron chi connectivity index (χ2n) is 8.38. The number of aromatic nitrogens is 2. The number of hydrogen-bond donors (Lipinski definition) is 1. The standard InChI is InChI=1S/C24H21ClF2N4O3/c1-3-20(32)31-9-12-6-13(10-31)23(12)34-19-7-14-17(8-18(19)33-2)28-11-29-24(14)30-16-5-4-15(26)21(25)22(16)27/h3-5,7-8,11-13,23H,1,6,9-10H2,2H3,(H,28,29,30)/t12-,13+,23+. The largest absolute Gasteiger partial charge is 0.493 e. The Hall–Kier alpha value is -3.46. The molecule has 2 bridgehead atoms. The molecule has 6 rings (SSSR count). The number of amides is 1. The van der Waals surface area contributed by atoms with E-state index in [9.17, 15) is 13.6 Å². The van der Waals surface area contributed by atoms with Gasteiger partial charge in [0, 0.05) is 36.4 Å². The first kappa shape index (κ1) is 22.3. The molecule has 3 aliphatic rings. The zero-order valence-corrected chi connectivity index (χ0v) is 19.0. The average Bonchev–Trinajstić information content (AvgIpc) is 2.86. The Morgan fingerprint density at radius 1 is 1.24 bits per heavy atom. The van der Waals surface area contributed by atoms with Crippen molar-refractivity contribution >= 4 is 39.9 Å². The molecule has 1 saturated carbocycles. The number of piperidine rings is 2. The molecule has 3 fully saturated rings. The van der Waals surface area contributed by atoms with Gasteiger partial charge in [0.25, 0.3) is 0 Å². The maximum absolute atomic E-state index is 14.5. The van der Waals surface area contributed by atoms with Crippen molar-refractivity contribution in [3.8, 4) is 11.5 Å². The number of carbonyl (C=O) groups excluding carboxylic acids is 1. The van der Waals surface area contributed by atoms with Gasteiger partial charge >= 0.3 is 0 Å². The molecule has 3 heterocycles. The average molecular weight is 487 g/mol. The lowest BCUT2D eigenvalue weighted by atomic mass is 9.68. The third-order valence-electron chi connectivity index (χ3n) is 6.40. The molecule has 2 saturated heterocycles. The van der Waals surface area contributed by atoms with Crippen molar-refractivity contribution < 1.29 is 23.0 Å². The smallest absolute Gasteiger partial charge is 0.245 e. The van der Waals surface area contributed by atoms with Crippen LogP contribution < -0.4 is 14.8 Å². The highest BCUT2D eigenvalue weighted by Crippen LogP contribution is 2.45. The number of carbonyl (C=O) groups is 1. The van der Waals surface area contributed by atoms with Gasteiger partial charge in [-0.2, -0.15) is 0 Å². The van der Waals surface area contributed by atoms with Gasteiger partial charge in [-0.15, -0.1) is 0 Å². The molecule has 1 aromatic heterocycles. The van der Waals surface area contributed by atoms with Crippen molar-refractivity contribution in [2.75, 3.05) is 25.5 Å². The van der Waals surface area contributed by atoms with E-state index in [1.807, 2.05) is 0 Å². The lowest BCUT2D eigenvalue weighted by molar-refractivity contribution is -0.142. The van der Waals surface area contributed by atoms with Crippen molar-refractivity contribution in [3.05, 3.63) is 59.9 Å². The highest BCUT2D eigenvalue weighted by Gasteiger charge is 2.49. The lowest BCUT2D eigenvalue weighted by Gasteiger charge is -2.52. The van der Waals surface area contributed by atoms with Crippen LogP contribution in [0.5, 0.6) is 11.5 Å². The van der Waals surface area contributed by atoms with Gasteiger partial charge in [-0.25, -0.2) is 18.7 Å². The number of fused-ring (bicyclic) bond motifs is 3. The summed E-state index contributed by atoms with van der Waals surface area (Å²) in [6.07, 6.45) is 3.59. The fourth-order valence-corrected chi connectivity index (χ4v) is 4.82. The summed E-state index contributed by atoms with van der Waals surface area (Å²) in [4.78, 5) is 22.3. The Bertz CT molecular complexity index is 1290. The number of nitrogens with zero attached hydrogens (tertiary/aromatic N) is 3. The molecule has 0 radical (unpaired) electrons. The van der Waals surface area contributed by atoms with Crippen LogP contribution in [0.15, 0.2) is 43.2 Å². The molecule has 1 aliphatic carbocycles. The van der Waals surface area contributed by atoms with Gasteiger partial charge in [-0.1, -0.05) is 18.2 Å². The number of benzene rings is 2. The third-order valence-corrected chi connectivity index (χ3v) is 6.75. The van der Waals surface area contributed by atoms with Gasteiger partial charge in [0.15, 0.2) is 17.3 Å². The van der Waals surface area contributed by atoms with Crippen LogP contribution in [0.2, 0.25) is 5.02 Å². The van der Waals surface area contributed by atoms with Gasteiger partial charge in [0.1, 0.15) is 29.1 Å². The molecule has 34 heavy (non-hydrogen) atoms. The van der Waals surface area contributed by atoms with Crippen molar-refractivity contribution in [2.24, 2.45) is 11.8 Å². The number of methoxy groups -OCH3 is 1. The van der Waals surface area contributed by atoms with Gasteiger partial charge < -0.3 is 19.7 Å². The fraction of sp³-hybridized carbons (Fsp3) is 0.292. The molecule has 176 valence electrons. The number of halogens is 3. The van der Waals surface area contributed by atoms with Crippen LogP contribution in [0.4, 0.5) is 20.3 Å². The molecule has 7 nitrogen and oxygen atoms in total. The summed E-state index contributed by atoms with van der Waals surface area (Å²) in [7, 11) is 1.54. The van der Waals surface area contributed by atoms with E-state index in [1.165, 1.54) is 25.6 Å². The minimum atomic E-state index is -0.917. The Labute approximate surface area is 199 Å². The number of nitrogens with one attached hydrogen (secondary N) is 1. The predicted molar refractivity (Wildman–Crippen MR) is 124 cm³/mol. The molecule has 10 heteroatoms. The Morgan fingerprint density at radius 3 is 2.71 bits per heavy atom. The Balaban J connectivity index is 1.45. The highest BCUT2D eigenvalue weighted by molar-refractivity contribution is 6.31. The van der Waals surface area contributed by atoms with Crippen molar-refractivity contribution in [3.63, 3.8) is 0 Å². The van der Waals surface area contributed by atoms with E-state index in [1.54, 1.807) is 17.0 Å². The van der Waals surface area contributed by atoms with E-state index in [2.05, 4.69) is 21.9 Å². The van der Waals surface area contributed by atoms with Crippen LogP contribution in [-0.4, -0.2) is 47.1 Å². The zero-order valence-electron chi connectivity index (χ0n) is 18.2. The first-order chi connectivity index (χ1) is 16.4. The number of rotatable bonds is 6. The van der Waals surface area contributed by atoms with Gasteiger partial charge in [0.2, 0.25) is 5.91 Å². The third kappa shape index (κ3) is 3.79. The van der Waals surface area contributed by atoms with Crippen LogP contribution in [0.25, 0.3) is 10.9 Å². The zero-order chi connectivity index (χ0) is 24.0. The van der Waals surface area contributed by atoms with E-state index in [4.69, 9.17) is 21.1 Å². The van der Waals surface area contributed by atoms with Gasteiger partial charge in [-0.05, 0) is 30.7 Å². The van der Waals surface area contributed by atoms with E-state index in [0.717, 1.165) is 12.5 Å². The predicted octanol–water partition coefficient (Wildman–Crippen LogP) is 4.73. The number of anilines is 2. The second kappa shape index (κ2) is 8.72. The summed E-state index contributed by atoms with van der Waals surface area (Å²) in [5, 5.41) is 2.83. The van der Waals surface area contributed by atoms with E-state index < -0.39 is 16.7 Å². The van der Waals surface area contributed by atoms with Crippen LogP contribution >= 0.6 is 11.6 Å². The number of ether oxygens (including phenoxy) is 2. The van der Waals surface area contributed by atoms with Crippen molar-refractivity contribution in [1.82, 2.24) is 14.9 Å². The maximum atomic E-state index is 14.5. The molecule has 3 aromatic rings. The first-order valence-electron chi connectivity index (χ1n) is 10.7.